The number of hydrogen-bond acceptors (Lipinski definition) is 2. The third-order valence-corrected chi connectivity index (χ3v) is 4.39. The lowest BCUT2D eigenvalue weighted by Crippen LogP contribution is -2.44. The molecule has 3 rings (SSSR count). The summed E-state index contributed by atoms with van der Waals surface area (Å²) in [6, 6.07) is 8.33. The molecular weight excluding hydrogens is 296 g/mol. The molecule has 22 heavy (non-hydrogen) atoms. The number of nitrogens with one attached hydrogen (secondary N) is 2. The van der Waals surface area contributed by atoms with Crippen LogP contribution in [0.5, 0.6) is 0 Å². The highest BCUT2D eigenvalue weighted by Gasteiger charge is 2.22. The molecule has 0 aliphatic rings. The predicted molar refractivity (Wildman–Crippen MR) is 90.6 cm³/mol. The van der Waals surface area contributed by atoms with Gasteiger partial charge < -0.3 is 15.4 Å². The van der Waals surface area contributed by atoms with Crippen molar-refractivity contribution < 1.29 is 9.90 Å². The monoisotopic (exact) mass is 314 g/mol. The van der Waals surface area contributed by atoms with Crippen LogP contribution in [-0.2, 0) is 6.42 Å². The lowest BCUT2D eigenvalue weighted by molar-refractivity contribution is 0.182. The second kappa shape index (κ2) is 5.50. The van der Waals surface area contributed by atoms with Gasteiger partial charge in [0.2, 0.25) is 0 Å². The number of H-pyrrole nitrogens is 1. The average Bonchev–Trinajstić information content (AvgIpc) is 3.06. The van der Waals surface area contributed by atoms with Crippen molar-refractivity contribution >= 4 is 28.3 Å². The predicted octanol–water partition coefficient (Wildman–Crippen LogP) is 4.49. The van der Waals surface area contributed by atoms with Crippen molar-refractivity contribution in [1.29, 1.82) is 0 Å². The summed E-state index contributed by atoms with van der Waals surface area (Å²) in [4.78, 5) is 14.2. The molecule has 1 amide bonds. The molecule has 2 aromatic heterocycles. The van der Waals surface area contributed by atoms with Crippen LogP contribution in [0.15, 0.2) is 41.2 Å². The summed E-state index contributed by atoms with van der Waals surface area (Å²) < 4.78 is 0. The number of carboxylic acid groups (broad SMARTS) is 1. The van der Waals surface area contributed by atoms with E-state index >= 15 is 0 Å². The summed E-state index contributed by atoms with van der Waals surface area (Å²) in [5.41, 5.74) is 4.08. The fraction of sp³-hybridized carbons (Fsp3) is 0.235. The Hall–Kier alpha value is -2.27. The van der Waals surface area contributed by atoms with Crippen molar-refractivity contribution in [2.45, 2.75) is 25.8 Å². The SMILES string of the molecule is CC(C)(Cc1c[nH]c2c(-c3ccsc3)cccc12)NC(=O)O. The minimum atomic E-state index is -0.996. The number of hydrogen-bond donors (Lipinski definition) is 3. The molecule has 0 aliphatic carbocycles. The van der Waals surface area contributed by atoms with E-state index in [2.05, 4.69) is 39.3 Å². The van der Waals surface area contributed by atoms with Crippen molar-refractivity contribution in [3.05, 3.63) is 46.8 Å². The van der Waals surface area contributed by atoms with Gasteiger partial charge in [-0.3, -0.25) is 0 Å². The van der Waals surface area contributed by atoms with E-state index in [1.807, 2.05) is 26.1 Å². The molecule has 0 spiro atoms. The molecule has 5 heteroatoms. The van der Waals surface area contributed by atoms with Crippen molar-refractivity contribution in [3.8, 4) is 11.1 Å². The van der Waals surface area contributed by atoms with Crippen molar-refractivity contribution in [2.24, 2.45) is 0 Å². The van der Waals surface area contributed by atoms with Crippen LogP contribution in [0.25, 0.3) is 22.0 Å². The minimum Gasteiger partial charge on any atom is -0.465 e. The number of amides is 1. The number of aromatic amines is 1. The molecule has 0 fully saturated rings. The zero-order valence-electron chi connectivity index (χ0n) is 12.5. The zero-order chi connectivity index (χ0) is 15.7. The van der Waals surface area contributed by atoms with Gasteiger partial charge in [-0.15, -0.1) is 0 Å². The molecule has 0 atom stereocenters. The van der Waals surface area contributed by atoms with E-state index in [9.17, 15) is 4.79 Å². The Labute approximate surface area is 132 Å². The molecule has 1 aromatic carbocycles. The maximum Gasteiger partial charge on any atom is 0.405 e. The fourth-order valence-corrected chi connectivity index (χ4v) is 3.48. The number of rotatable bonds is 4. The zero-order valence-corrected chi connectivity index (χ0v) is 13.3. The van der Waals surface area contributed by atoms with Crippen LogP contribution >= 0.6 is 11.3 Å². The third-order valence-electron chi connectivity index (χ3n) is 3.71. The maximum atomic E-state index is 10.9. The Morgan fingerprint density at radius 1 is 1.36 bits per heavy atom. The summed E-state index contributed by atoms with van der Waals surface area (Å²) in [7, 11) is 0. The van der Waals surface area contributed by atoms with Crippen LogP contribution in [0.1, 0.15) is 19.4 Å². The van der Waals surface area contributed by atoms with Gasteiger partial charge in [0.05, 0.1) is 5.52 Å². The van der Waals surface area contributed by atoms with Crippen LogP contribution in [0.2, 0.25) is 0 Å². The minimum absolute atomic E-state index is 0.515. The lowest BCUT2D eigenvalue weighted by atomic mass is 9.94. The summed E-state index contributed by atoms with van der Waals surface area (Å²) in [6.45, 7) is 3.78. The Kier molecular flexibility index (Phi) is 3.66. The van der Waals surface area contributed by atoms with Gasteiger partial charge in [-0.05, 0) is 48.2 Å². The van der Waals surface area contributed by atoms with Gasteiger partial charge in [0, 0.05) is 22.7 Å². The Morgan fingerprint density at radius 2 is 2.18 bits per heavy atom. The first-order valence-electron chi connectivity index (χ1n) is 7.09. The molecule has 4 nitrogen and oxygen atoms in total. The van der Waals surface area contributed by atoms with Gasteiger partial charge in [0.1, 0.15) is 0 Å². The number of fused-ring (bicyclic) bond motifs is 1. The quantitative estimate of drug-likeness (QED) is 0.664. The fourth-order valence-electron chi connectivity index (χ4n) is 2.83. The van der Waals surface area contributed by atoms with Crippen LogP contribution in [0.4, 0.5) is 4.79 Å². The van der Waals surface area contributed by atoms with Gasteiger partial charge >= 0.3 is 6.09 Å². The maximum absolute atomic E-state index is 10.9. The number of carbonyl (C=O) groups is 1. The van der Waals surface area contributed by atoms with Gasteiger partial charge in [-0.25, -0.2) is 4.79 Å². The Balaban J connectivity index is 2.00. The largest absolute Gasteiger partial charge is 0.465 e. The van der Waals surface area contributed by atoms with Gasteiger partial charge in [-0.1, -0.05) is 18.2 Å². The smallest absolute Gasteiger partial charge is 0.405 e. The van der Waals surface area contributed by atoms with Gasteiger partial charge in [-0.2, -0.15) is 11.3 Å². The van der Waals surface area contributed by atoms with Crippen LogP contribution in [0.3, 0.4) is 0 Å². The van der Waals surface area contributed by atoms with Crippen LogP contribution < -0.4 is 5.32 Å². The summed E-state index contributed by atoms with van der Waals surface area (Å²) >= 11 is 1.68. The number of aromatic nitrogens is 1. The Bertz CT molecular complexity index is 803. The second-order valence-electron chi connectivity index (χ2n) is 6.04. The first-order chi connectivity index (χ1) is 10.5. The first kappa shape index (κ1) is 14.7. The van der Waals surface area contributed by atoms with E-state index in [-0.39, 0.29) is 0 Å². The van der Waals surface area contributed by atoms with Crippen LogP contribution in [-0.4, -0.2) is 21.7 Å². The molecule has 3 N–H and O–H groups in total. The first-order valence-corrected chi connectivity index (χ1v) is 8.03. The van der Waals surface area contributed by atoms with Crippen molar-refractivity contribution in [3.63, 3.8) is 0 Å². The molecular formula is C17H18N2O2S. The van der Waals surface area contributed by atoms with E-state index in [0.717, 1.165) is 16.5 Å². The van der Waals surface area contributed by atoms with E-state index in [1.165, 1.54) is 11.1 Å². The highest BCUT2D eigenvalue weighted by atomic mass is 32.1. The number of thiophene rings is 1. The molecule has 3 aromatic rings. The standard InChI is InChI=1S/C17H18N2O2S/c1-17(2,19-16(20)21)8-12-9-18-15-13(4-3-5-14(12)15)11-6-7-22-10-11/h3-7,9-10,18-19H,8H2,1-2H3,(H,20,21). The molecule has 2 heterocycles. The summed E-state index contributed by atoms with van der Waals surface area (Å²) in [5, 5.41) is 16.9. The molecule has 0 radical (unpaired) electrons. The third kappa shape index (κ3) is 2.85. The van der Waals surface area contributed by atoms with Crippen LogP contribution in [0, 0.1) is 0 Å². The van der Waals surface area contributed by atoms with Gasteiger partial charge in [0.25, 0.3) is 0 Å². The van der Waals surface area contributed by atoms with Gasteiger partial charge in [0.15, 0.2) is 0 Å². The average molecular weight is 314 g/mol. The van der Waals surface area contributed by atoms with E-state index in [1.54, 1.807) is 11.3 Å². The van der Waals surface area contributed by atoms with E-state index in [0.29, 0.717) is 6.42 Å². The van der Waals surface area contributed by atoms with E-state index < -0.39 is 11.6 Å². The second-order valence-corrected chi connectivity index (χ2v) is 6.82. The van der Waals surface area contributed by atoms with E-state index in [4.69, 9.17) is 5.11 Å². The Morgan fingerprint density at radius 3 is 2.86 bits per heavy atom. The lowest BCUT2D eigenvalue weighted by Gasteiger charge is -2.24. The number of para-hydroxylation sites is 1. The molecule has 114 valence electrons. The van der Waals surface area contributed by atoms with Crippen molar-refractivity contribution in [2.75, 3.05) is 0 Å². The molecule has 0 saturated heterocycles. The molecule has 0 saturated carbocycles. The topological polar surface area (TPSA) is 65.1 Å². The van der Waals surface area contributed by atoms with Crippen molar-refractivity contribution in [1.82, 2.24) is 10.3 Å². The normalized spacial score (nSPS) is 11.7. The highest BCUT2D eigenvalue weighted by molar-refractivity contribution is 7.08. The molecule has 0 unspecified atom stereocenters. The molecule has 0 bridgehead atoms. The summed E-state index contributed by atoms with van der Waals surface area (Å²) in [6.07, 6.45) is 1.61. The molecule has 0 aliphatic heterocycles. The highest BCUT2D eigenvalue weighted by Crippen LogP contribution is 2.32. The summed E-state index contributed by atoms with van der Waals surface area (Å²) in [5.74, 6) is 0. The number of benzene rings is 1.